The van der Waals surface area contributed by atoms with Gasteiger partial charge in [0.1, 0.15) is 17.7 Å². The number of fused-ring (bicyclic) bond motifs is 2. The van der Waals surface area contributed by atoms with Crippen molar-refractivity contribution in [1.29, 1.82) is 0 Å². The summed E-state index contributed by atoms with van der Waals surface area (Å²) >= 11 is 0. The second kappa shape index (κ2) is 10.7. The molecule has 0 radical (unpaired) electrons. The van der Waals surface area contributed by atoms with Gasteiger partial charge in [-0.05, 0) is 49.1 Å². The number of amides is 4. The minimum Gasteiger partial charge on any atom is -0.354 e. The molecule has 1 N–H and O–H groups in total. The number of hydrogen-bond acceptors (Lipinski definition) is 8. The summed E-state index contributed by atoms with van der Waals surface area (Å²) in [6.07, 6.45) is 1.85. The van der Waals surface area contributed by atoms with E-state index in [1.165, 1.54) is 23.1 Å². The summed E-state index contributed by atoms with van der Waals surface area (Å²) < 4.78 is 34.0. The molecule has 11 nitrogen and oxygen atoms in total. The smallest absolute Gasteiger partial charge is 0.256 e. The number of benzene rings is 2. The third kappa shape index (κ3) is 4.90. The van der Waals surface area contributed by atoms with Crippen molar-refractivity contribution >= 4 is 40.4 Å². The van der Waals surface area contributed by atoms with E-state index in [1.54, 1.807) is 11.0 Å². The lowest BCUT2D eigenvalue weighted by molar-refractivity contribution is -0.136. The van der Waals surface area contributed by atoms with Gasteiger partial charge in [-0.25, -0.2) is 8.78 Å². The average molecular weight is 593 g/mol. The van der Waals surface area contributed by atoms with Crippen molar-refractivity contribution in [2.45, 2.75) is 44.3 Å². The minimum absolute atomic E-state index is 0.0794. The number of halogens is 2. The summed E-state index contributed by atoms with van der Waals surface area (Å²) in [5.74, 6) is -2.22. The topological polar surface area (TPSA) is 119 Å². The van der Waals surface area contributed by atoms with E-state index in [-0.39, 0.29) is 42.2 Å². The molecule has 3 saturated heterocycles. The number of likely N-dealkylation sites (tertiary alicyclic amines) is 1. The second-order valence-electron chi connectivity index (χ2n) is 11.6. The molecule has 2 aromatic carbocycles. The highest BCUT2D eigenvalue weighted by Gasteiger charge is 2.40. The Labute approximate surface area is 245 Å². The van der Waals surface area contributed by atoms with E-state index in [1.807, 2.05) is 0 Å². The monoisotopic (exact) mass is 592 g/mol. The molecule has 0 spiro atoms. The van der Waals surface area contributed by atoms with Gasteiger partial charge in [0.25, 0.3) is 11.8 Å². The molecule has 1 unspecified atom stereocenters. The number of nitrogens with zero attached hydrogens (tertiary/aromatic N) is 5. The molecule has 3 aromatic rings. The van der Waals surface area contributed by atoms with Gasteiger partial charge in [-0.2, -0.15) is 0 Å². The number of imide groups is 1. The van der Waals surface area contributed by atoms with Gasteiger partial charge < -0.3 is 19.2 Å². The third-order valence-electron chi connectivity index (χ3n) is 9.14. The molecule has 13 heteroatoms. The highest BCUT2D eigenvalue weighted by molar-refractivity contribution is 6.06. The van der Waals surface area contributed by atoms with Crippen LogP contribution >= 0.6 is 0 Å². The van der Waals surface area contributed by atoms with E-state index in [0.717, 1.165) is 50.5 Å². The van der Waals surface area contributed by atoms with E-state index >= 15 is 4.39 Å². The highest BCUT2D eigenvalue weighted by Crippen LogP contribution is 2.31. The Morgan fingerprint density at radius 2 is 1.72 bits per heavy atom. The first-order valence-corrected chi connectivity index (χ1v) is 14.6. The van der Waals surface area contributed by atoms with Crippen LogP contribution in [0.25, 0.3) is 11.0 Å². The fourth-order valence-corrected chi connectivity index (χ4v) is 6.78. The van der Waals surface area contributed by atoms with Crippen LogP contribution in [0, 0.1) is 11.6 Å². The molecule has 3 fully saturated rings. The van der Waals surface area contributed by atoms with Crippen LogP contribution in [-0.4, -0.2) is 94.8 Å². The predicted molar refractivity (Wildman–Crippen MR) is 149 cm³/mol. The molecule has 0 aliphatic carbocycles. The molecule has 43 heavy (non-hydrogen) atoms. The number of piperidine rings is 2. The quantitative estimate of drug-likeness (QED) is 0.459. The van der Waals surface area contributed by atoms with Crippen LogP contribution in [0.2, 0.25) is 0 Å². The Morgan fingerprint density at radius 3 is 2.47 bits per heavy atom. The fraction of sp³-hybridized carbons (Fsp3) is 0.433. The normalized spacial score (nSPS) is 22.0. The molecule has 4 amide bonds. The molecule has 4 aliphatic heterocycles. The zero-order valence-corrected chi connectivity index (χ0v) is 23.4. The Kier molecular flexibility index (Phi) is 6.83. The van der Waals surface area contributed by atoms with Crippen LogP contribution < -0.4 is 10.2 Å². The van der Waals surface area contributed by atoms with E-state index in [2.05, 4.69) is 20.3 Å². The summed E-state index contributed by atoms with van der Waals surface area (Å²) in [4.78, 5) is 57.7. The molecule has 7 rings (SSSR count). The van der Waals surface area contributed by atoms with Gasteiger partial charge in [0.15, 0.2) is 11.4 Å². The first-order valence-electron chi connectivity index (χ1n) is 14.6. The molecular formula is C30H30F2N6O5. The maximum atomic E-state index is 15.2. The number of carbonyl (C=O) groups excluding carboxylic acids is 4. The maximum absolute atomic E-state index is 15.2. The number of piperazine rings is 1. The van der Waals surface area contributed by atoms with Crippen molar-refractivity contribution in [3.8, 4) is 0 Å². The predicted octanol–water partition coefficient (Wildman–Crippen LogP) is 2.29. The Balaban J connectivity index is 0.959. The van der Waals surface area contributed by atoms with Crippen LogP contribution in [0.15, 0.2) is 34.9 Å². The number of anilines is 1. The van der Waals surface area contributed by atoms with Crippen molar-refractivity contribution in [1.82, 2.24) is 25.2 Å². The standard InChI is InChI=1S/C30H30F2N6O5/c31-18-1-2-20-25(14-18)43-34-27(20)36-11-9-35(10-12-36)19-5-7-37(8-6-19)29(41)22-13-17-16-38(30(42)21(17)15-23(22)32)24-3-4-26(39)33-28(24)40/h1-2,13-15,19,24H,3-12,16H2,(H,33,39,40). The van der Waals surface area contributed by atoms with E-state index in [0.29, 0.717) is 36.1 Å². The van der Waals surface area contributed by atoms with Gasteiger partial charge in [0.05, 0.1) is 10.9 Å². The molecule has 224 valence electrons. The van der Waals surface area contributed by atoms with Gasteiger partial charge in [0.2, 0.25) is 11.8 Å². The summed E-state index contributed by atoms with van der Waals surface area (Å²) in [6, 6.07) is 6.44. The molecular weight excluding hydrogens is 562 g/mol. The molecule has 4 aliphatic rings. The van der Waals surface area contributed by atoms with Crippen LogP contribution in [0.1, 0.15) is 52.0 Å². The maximum Gasteiger partial charge on any atom is 0.256 e. The van der Waals surface area contributed by atoms with Gasteiger partial charge in [0, 0.05) is 69.9 Å². The van der Waals surface area contributed by atoms with Crippen molar-refractivity contribution in [2.75, 3.05) is 44.2 Å². The molecule has 1 atom stereocenters. The average Bonchev–Trinajstić information content (AvgIpc) is 3.57. The Morgan fingerprint density at radius 1 is 0.953 bits per heavy atom. The largest absolute Gasteiger partial charge is 0.354 e. The molecule has 5 heterocycles. The molecule has 0 bridgehead atoms. The van der Waals surface area contributed by atoms with Crippen molar-refractivity contribution in [2.24, 2.45) is 0 Å². The van der Waals surface area contributed by atoms with Gasteiger partial charge in [-0.1, -0.05) is 5.16 Å². The lowest BCUT2D eigenvalue weighted by Crippen LogP contribution is -2.54. The summed E-state index contributed by atoms with van der Waals surface area (Å²) in [5.41, 5.74) is 0.982. The molecule has 1 aromatic heterocycles. The van der Waals surface area contributed by atoms with E-state index < -0.39 is 29.6 Å². The zero-order chi connectivity index (χ0) is 29.8. The van der Waals surface area contributed by atoms with Crippen molar-refractivity contribution in [3.63, 3.8) is 0 Å². The first kappa shape index (κ1) is 27.4. The van der Waals surface area contributed by atoms with Crippen LogP contribution in [0.4, 0.5) is 14.6 Å². The molecule has 0 saturated carbocycles. The third-order valence-corrected chi connectivity index (χ3v) is 9.14. The summed E-state index contributed by atoms with van der Waals surface area (Å²) in [7, 11) is 0. The van der Waals surface area contributed by atoms with Gasteiger partial charge >= 0.3 is 0 Å². The number of hydrogen-bond donors (Lipinski definition) is 1. The SMILES string of the molecule is O=C1CCC(N2Cc3cc(C(=O)N4CCC(N5CCN(c6noc7cc(F)ccc67)CC5)CC4)c(F)cc3C2=O)C(=O)N1. The van der Waals surface area contributed by atoms with Crippen LogP contribution in [0.3, 0.4) is 0 Å². The summed E-state index contributed by atoms with van der Waals surface area (Å²) in [6.45, 7) is 4.16. The van der Waals surface area contributed by atoms with Crippen LogP contribution in [-0.2, 0) is 16.1 Å². The first-order chi connectivity index (χ1) is 20.8. The Bertz CT molecular complexity index is 1640. The number of carbonyl (C=O) groups is 4. The number of aromatic nitrogens is 1. The Hall–Kier alpha value is -4.39. The van der Waals surface area contributed by atoms with E-state index in [9.17, 15) is 23.6 Å². The van der Waals surface area contributed by atoms with E-state index in [4.69, 9.17) is 4.52 Å². The van der Waals surface area contributed by atoms with Crippen LogP contribution in [0.5, 0.6) is 0 Å². The fourth-order valence-electron chi connectivity index (χ4n) is 6.78. The minimum atomic E-state index is -0.805. The highest BCUT2D eigenvalue weighted by atomic mass is 19.1. The number of nitrogens with one attached hydrogen (secondary N) is 1. The van der Waals surface area contributed by atoms with Gasteiger partial charge in [-0.3, -0.25) is 29.4 Å². The lowest BCUT2D eigenvalue weighted by Gasteiger charge is -2.42. The van der Waals surface area contributed by atoms with Crippen molar-refractivity contribution in [3.05, 3.63) is 58.7 Å². The number of rotatable bonds is 4. The van der Waals surface area contributed by atoms with Crippen molar-refractivity contribution < 1.29 is 32.5 Å². The van der Waals surface area contributed by atoms with Gasteiger partial charge in [-0.15, -0.1) is 0 Å². The summed E-state index contributed by atoms with van der Waals surface area (Å²) in [5, 5.41) is 7.20. The lowest BCUT2D eigenvalue weighted by atomic mass is 10.00. The zero-order valence-electron chi connectivity index (χ0n) is 23.4. The second-order valence-corrected chi connectivity index (χ2v) is 11.6.